The number of nitrogens with one attached hydrogen (secondary N) is 1. The molecule has 1 amide bonds. The van der Waals surface area contributed by atoms with Gasteiger partial charge in [0.2, 0.25) is 5.91 Å². The number of aromatic nitrogens is 4. The monoisotopic (exact) mass is 339 g/mol. The maximum absolute atomic E-state index is 12.5. The molecule has 1 N–H and O–H groups in total. The van der Waals surface area contributed by atoms with E-state index in [0.29, 0.717) is 17.7 Å². The number of carbonyl (C=O) groups excluding carboxylic acids is 1. The molecule has 1 aliphatic carbocycles. The first-order chi connectivity index (χ1) is 12.3. The molecular weight excluding hydrogens is 314 g/mol. The van der Waals surface area contributed by atoms with Crippen molar-refractivity contribution in [3.63, 3.8) is 0 Å². The lowest BCUT2D eigenvalue weighted by atomic mass is 9.95. The number of H-pyrrole nitrogens is 1. The van der Waals surface area contributed by atoms with E-state index in [-0.39, 0.29) is 0 Å². The molecule has 2 aromatic heterocycles. The topological polar surface area (TPSA) is 74.8 Å². The van der Waals surface area contributed by atoms with Crippen molar-refractivity contribution in [1.82, 2.24) is 25.1 Å². The Kier molecular flexibility index (Phi) is 4.76. The number of carbonyl (C=O) groups is 1. The standard InChI is InChI=1S/C19H25N5O/c25-17(13-14-3-1-2-4-14)24-11-7-16(8-12-24)19-21-18(22-23-19)15-5-9-20-10-6-15/h5-6,9-10,14,16H,1-4,7-8,11-13H2,(H,21,22,23). The highest BCUT2D eigenvalue weighted by atomic mass is 16.2. The summed E-state index contributed by atoms with van der Waals surface area (Å²) in [6.07, 6.45) is 11.2. The number of hydrogen-bond donors (Lipinski definition) is 1. The molecule has 0 bridgehead atoms. The Bertz CT molecular complexity index is 700. The fourth-order valence-electron chi connectivity index (χ4n) is 4.08. The second-order valence-electron chi connectivity index (χ2n) is 7.29. The number of pyridine rings is 1. The average molecular weight is 339 g/mol. The third kappa shape index (κ3) is 3.72. The SMILES string of the molecule is O=C(CC1CCCC1)N1CCC(c2nc(-c3ccncc3)n[nH]2)CC1. The van der Waals surface area contributed by atoms with Crippen molar-refractivity contribution in [1.29, 1.82) is 0 Å². The van der Waals surface area contributed by atoms with E-state index in [1.165, 1.54) is 25.7 Å². The Balaban J connectivity index is 1.33. The van der Waals surface area contributed by atoms with Gasteiger partial charge in [-0.05, 0) is 43.7 Å². The van der Waals surface area contributed by atoms with E-state index in [9.17, 15) is 4.79 Å². The molecule has 132 valence electrons. The van der Waals surface area contributed by atoms with Crippen LogP contribution in [0.5, 0.6) is 0 Å². The van der Waals surface area contributed by atoms with Gasteiger partial charge in [-0.25, -0.2) is 4.98 Å². The van der Waals surface area contributed by atoms with Crippen molar-refractivity contribution in [3.8, 4) is 11.4 Å². The van der Waals surface area contributed by atoms with E-state index in [2.05, 4.69) is 25.1 Å². The van der Waals surface area contributed by atoms with Gasteiger partial charge in [-0.3, -0.25) is 14.9 Å². The summed E-state index contributed by atoms with van der Waals surface area (Å²) in [5, 5.41) is 7.43. The minimum absolute atomic E-state index is 0.348. The molecule has 6 heteroatoms. The average Bonchev–Trinajstić information content (AvgIpc) is 3.34. The van der Waals surface area contributed by atoms with Gasteiger partial charge in [0.05, 0.1) is 0 Å². The van der Waals surface area contributed by atoms with Crippen LogP contribution in [-0.2, 0) is 4.79 Å². The Hall–Kier alpha value is -2.24. The highest BCUT2D eigenvalue weighted by Gasteiger charge is 2.28. The summed E-state index contributed by atoms with van der Waals surface area (Å²) in [6.45, 7) is 1.67. The number of amides is 1. The molecule has 1 aliphatic heterocycles. The summed E-state index contributed by atoms with van der Waals surface area (Å²) >= 11 is 0. The van der Waals surface area contributed by atoms with Crippen LogP contribution in [-0.4, -0.2) is 44.1 Å². The Morgan fingerprint density at radius 3 is 2.56 bits per heavy atom. The molecule has 4 rings (SSSR count). The summed E-state index contributed by atoms with van der Waals surface area (Å²) in [5.74, 6) is 2.99. The molecule has 2 aromatic rings. The highest BCUT2D eigenvalue weighted by Crippen LogP contribution is 2.30. The van der Waals surface area contributed by atoms with E-state index in [1.54, 1.807) is 12.4 Å². The molecule has 0 aromatic carbocycles. The molecule has 0 atom stereocenters. The zero-order valence-corrected chi connectivity index (χ0v) is 14.5. The van der Waals surface area contributed by atoms with Gasteiger partial charge in [0.15, 0.2) is 5.82 Å². The van der Waals surface area contributed by atoms with Gasteiger partial charge in [-0.1, -0.05) is 12.8 Å². The molecular formula is C19H25N5O. The van der Waals surface area contributed by atoms with Crippen molar-refractivity contribution in [2.75, 3.05) is 13.1 Å². The van der Waals surface area contributed by atoms with Crippen LogP contribution in [0.4, 0.5) is 0 Å². The molecule has 1 saturated heterocycles. The summed E-state index contributed by atoms with van der Waals surface area (Å²) in [6, 6.07) is 3.83. The van der Waals surface area contributed by atoms with Crippen molar-refractivity contribution in [2.45, 2.75) is 50.9 Å². The smallest absolute Gasteiger partial charge is 0.222 e. The highest BCUT2D eigenvalue weighted by molar-refractivity contribution is 5.76. The maximum Gasteiger partial charge on any atom is 0.222 e. The van der Waals surface area contributed by atoms with Gasteiger partial charge in [0, 0.05) is 43.4 Å². The Morgan fingerprint density at radius 1 is 1.12 bits per heavy atom. The van der Waals surface area contributed by atoms with Crippen LogP contribution in [0.15, 0.2) is 24.5 Å². The Labute approximate surface area is 148 Å². The lowest BCUT2D eigenvalue weighted by Gasteiger charge is -2.31. The van der Waals surface area contributed by atoms with Crippen LogP contribution >= 0.6 is 0 Å². The maximum atomic E-state index is 12.5. The third-order valence-corrected chi connectivity index (χ3v) is 5.61. The largest absolute Gasteiger partial charge is 0.343 e. The zero-order chi connectivity index (χ0) is 17.1. The van der Waals surface area contributed by atoms with Gasteiger partial charge in [-0.2, -0.15) is 5.10 Å². The van der Waals surface area contributed by atoms with Gasteiger partial charge in [0.25, 0.3) is 0 Å². The molecule has 2 aliphatic rings. The van der Waals surface area contributed by atoms with E-state index in [4.69, 9.17) is 0 Å². The fraction of sp³-hybridized carbons (Fsp3) is 0.579. The van der Waals surface area contributed by atoms with Crippen LogP contribution < -0.4 is 0 Å². The van der Waals surface area contributed by atoms with Crippen molar-refractivity contribution < 1.29 is 4.79 Å². The van der Waals surface area contributed by atoms with Crippen LogP contribution in [0.3, 0.4) is 0 Å². The van der Waals surface area contributed by atoms with E-state index < -0.39 is 0 Å². The van der Waals surface area contributed by atoms with Crippen molar-refractivity contribution in [2.24, 2.45) is 5.92 Å². The van der Waals surface area contributed by atoms with Crippen molar-refractivity contribution in [3.05, 3.63) is 30.4 Å². The van der Waals surface area contributed by atoms with Crippen molar-refractivity contribution >= 4 is 5.91 Å². The van der Waals surface area contributed by atoms with Crippen LogP contribution in [0, 0.1) is 5.92 Å². The molecule has 3 heterocycles. The summed E-state index contributed by atoms with van der Waals surface area (Å²) in [4.78, 5) is 23.2. The minimum Gasteiger partial charge on any atom is -0.343 e. The lowest BCUT2D eigenvalue weighted by Crippen LogP contribution is -2.38. The summed E-state index contributed by atoms with van der Waals surface area (Å²) in [5.41, 5.74) is 0.974. The molecule has 0 spiro atoms. The van der Waals surface area contributed by atoms with E-state index in [0.717, 1.165) is 49.6 Å². The molecule has 1 saturated carbocycles. The predicted octanol–water partition coefficient (Wildman–Crippen LogP) is 3.15. The molecule has 2 fully saturated rings. The summed E-state index contributed by atoms with van der Waals surface area (Å²) in [7, 11) is 0. The number of piperidine rings is 1. The van der Waals surface area contributed by atoms with Crippen LogP contribution in [0.2, 0.25) is 0 Å². The third-order valence-electron chi connectivity index (χ3n) is 5.61. The molecule has 0 radical (unpaired) electrons. The number of rotatable bonds is 4. The van der Waals surface area contributed by atoms with E-state index in [1.807, 2.05) is 12.1 Å². The Morgan fingerprint density at radius 2 is 1.84 bits per heavy atom. The van der Waals surface area contributed by atoms with Gasteiger partial charge in [0.1, 0.15) is 5.82 Å². The molecule has 0 unspecified atom stereocenters. The lowest BCUT2D eigenvalue weighted by molar-refractivity contribution is -0.133. The normalized spacial score (nSPS) is 19.4. The van der Waals surface area contributed by atoms with Gasteiger partial charge < -0.3 is 4.90 Å². The van der Waals surface area contributed by atoms with Gasteiger partial charge in [-0.15, -0.1) is 0 Å². The fourth-order valence-corrected chi connectivity index (χ4v) is 4.08. The minimum atomic E-state index is 0.348. The number of hydrogen-bond acceptors (Lipinski definition) is 4. The zero-order valence-electron chi connectivity index (χ0n) is 14.5. The summed E-state index contributed by atoms with van der Waals surface area (Å²) < 4.78 is 0. The molecule has 25 heavy (non-hydrogen) atoms. The number of aromatic amines is 1. The molecule has 6 nitrogen and oxygen atoms in total. The number of nitrogens with zero attached hydrogens (tertiary/aromatic N) is 4. The first kappa shape index (κ1) is 16.2. The predicted molar refractivity (Wildman–Crippen MR) is 94.7 cm³/mol. The second kappa shape index (κ2) is 7.33. The van der Waals surface area contributed by atoms with Crippen LogP contribution in [0.25, 0.3) is 11.4 Å². The van der Waals surface area contributed by atoms with E-state index >= 15 is 0 Å². The first-order valence-corrected chi connectivity index (χ1v) is 9.40. The quantitative estimate of drug-likeness (QED) is 0.928. The second-order valence-corrected chi connectivity index (χ2v) is 7.29. The van der Waals surface area contributed by atoms with Crippen LogP contribution in [0.1, 0.15) is 56.7 Å². The number of likely N-dealkylation sites (tertiary alicyclic amines) is 1. The van der Waals surface area contributed by atoms with Gasteiger partial charge >= 0.3 is 0 Å². The first-order valence-electron chi connectivity index (χ1n) is 9.40.